The van der Waals surface area contributed by atoms with E-state index in [-0.39, 0.29) is 0 Å². The quantitative estimate of drug-likeness (QED) is 0.518. The fourth-order valence-corrected chi connectivity index (χ4v) is 4.19. The Morgan fingerprint density at radius 1 is 1.13 bits per heavy atom. The zero-order valence-electron chi connectivity index (χ0n) is 12.7. The van der Waals surface area contributed by atoms with Gasteiger partial charge in [0.1, 0.15) is 11.0 Å². The predicted octanol–water partition coefficient (Wildman–Crippen LogP) is 4.50. The number of hydrogen-bond acceptors (Lipinski definition) is 4. The molecular formula is C17H17ClN4S. The second-order valence-corrected chi connectivity index (χ2v) is 7.08. The summed E-state index contributed by atoms with van der Waals surface area (Å²) in [5, 5.41) is 11.4. The van der Waals surface area contributed by atoms with E-state index in [2.05, 4.69) is 31.9 Å². The van der Waals surface area contributed by atoms with Crippen molar-refractivity contribution in [1.82, 2.24) is 19.7 Å². The molecule has 2 aromatic heterocycles. The second kappa shape index (κ2) is 6.49. The highest BCUT2D eigenvalue weighted by Gasteiger charge is 2.15. The van der Waals surface area contributed by atoms with E-state index in [0.717, 1.165) is 46.2 Å². The number of thioether (sulfide) groups is 1. The molecule has 0 bridgehead atoms. The molecule has 0 saturated carbocycles. The fourth-order valence-electron chi connectivity index (χ4n) is 2.94. The standard InChI is InChI=1S/C17H17ClN4S/c18-16-13(10-12-6-3-4-7-14(12)19-16)11-23-17-21-20-15-8-2-1-5-9-22(15)17/h3-4,6-7,10H,1-2,5,8-9,11H2. The van der Waals surface area contributed by atoms with E-state index in [1.165, 1.54) is 19.3 Å². The topological polar surface area (TPSA) is 43.6 Å². The molecule has 3 heterocycles. The smallest absolute Gasteiger partial charge is 0.191 e. The largest absolute Gasteiger partial charge is 0.306 e. The third kappa shape index (κ3) is 3.08. The first-order valence-corrected chi connectivity index (χ1v) is 9.27. The molecule has 0 unspecified atom stereocenters. The van der Waals surface area contributed by atoms with Gasteiger partial charge in [-0.3, -0.25) is 0 Å². The number of hydrogen-bond donors (Lipinski definition) is 0. The van der Waals surface area contributed by atoms with E-state index in [1.54, 1.807) is 11.8 Å². The van der Waals surface area contributed by atoms with E-state index >= 15 is 0 Å². The van der Waals surface area contributed by atoms with Crippen molar-refractivity contribution in [1.29, 1.82) is 0 Å². The van der Waals surface area contributed by atoms with Gasteiger partial charge in [-0.15, -0.1) is 10.2 Å². The molecule has 23 heavy (non-hydrogen) atoms. The van der Waals surface area contributed by atoms with Crippen LogP contribution in [0.15, 0.2) is 35.5 Å². The molecule has 1 aliphatic rings. The third-order valence-electron chi connectivity index (χ3n) is 4.18. The lowest BCUT2D eigenvalue weighted by molar-refractivity contribution is 0.591. The summed E-state index contributed by atoms with van der Waals surface area (Å²) >= 11 is 8.04. The number of nitrogens with zero attached hydrogens (tertiary/aromatic N) is 4. The summed E-state index contributed by atoms with van der Waals surface area (Å²) in [6.07, 6.45) is 4.72. The van der Waals surface area contributed by atoms with E-state index in [9.17, 15) is 0 Å². The minimum atomic E-state index is 0.576. The van der Waals surface area contributed by atoms with Crippen LogP contribution in [0.1, 0.15) is 30.7 Å². The molecule has 0 N–H and O–H groups in total. The maximum Gasteiger partial charge on any atom is 0.191 e. The first-order valence-electron chi connectivity index (χ1n) is 7.90. The Balaban J connectivity index is 1.57. The summed E-state index contributed by atoms with van der Waals surface area (Å²) in [7, 11) is 0. The molecule has 6 heteroatoms. The molecule has 0 atom stereocenters. The fraction of sp³-hybridized carbons (Fsp3) is 0.353. The molecule has 0 aliphatic carbocycles. The monoisotopic (exact) mass is 344 g/mol. The van der Waals surface area contributed by atoms with Crippen molar-refractivity contribution in [2.24, 2.45) is 0 Å². The Kier molecular flexibility index (Phi) is 4.23. The number of pyridine rings is 1. The van der Waals surface area contributed by atoms with Crippen molar-refractivity contribution in [2.75, 3.05) is 0 Å². The van der Waals surface area contributed by atoms with Crippen LogP contribution in [0.25, 0.3) is 10.9 Å². The lowest BCUT2D eigenvalue weighted by Gasteiger charge is -2.08. The number of rotatable bonds is 3. The summed E-state index contributed by atoms with van der Waals surface area (Å²) in [4.78, 5) is 4.49. The van der Waals surface area contributed by atoms with Gasteiger partial charge in [0.25, 0.3) is 0 Å². The molecule has 0 amide bonds. The van der Waals surface area contributed by atoms with Crippen LogP contribution in [-0.4, -0.2) is 19.7 Å². The van der Waals surface area contributed by atoms with Crippen molar-refractivity contribution >= 4 is 34.3 Å². The molecule has 3 aromatic rings. The van der Waals surface area contributed by atoms with Crippen LogP contribution in [0.4, 0.5) is 0 Å². The van der Waals surface area contributed by atoms with Crippen molar-refractivity contribution in [3.05, 3.63) is 46.9 Å². The molecule has 0 spiro atoms. The number of halogens is 1. The van der Waals surface area contributed by atoms with Crippen LogP contribution >= 0.6 is 23.4 Å². The Morgan fingerprint density at radius 2 is 2.04 bits per heavy atom. The van der Waals surface area contributed by atoms with E-state index < -0.39 is 0 Å². The van der Waals surface area contributed by atoms with Gasteiger partial charge >= 0.3 is 0 Å². The first kappa shape index (κ1) is 15.0. The molecule has 0 fully saturated rings. The van der Waals surface area contributed by atoms with Crippen LogP contribution in [0.2, 0.25) is 5.15 Å². The summed E-state index contributed by atoms with van der Waals surface area (Å²) in [6, 6.07) is 10.2. The van der Waals surface area contributed by atoms with Crippen LogP contribution < -0.4 is 0 Å². The third-order valence-corrected chi connectivity index (χ3v) is 5.53. The first-order chi connectivity index (χ1) is 11.3. The SMILES string of the molecule is Clc1nc2ccccc2cc1CSc1nnc2n1CCCCC2. The van der Waals surface area contributed by atoms with Crippen molar-refractivity contribution in [2.45, 2.75) is 43.1 Å². The van der Waals surface area contributed by atoms with Crippen LogP contribution in [-0.2, 0) is 18.7 Å². The minimum Gasteiger partial charge on any atom is -0.306 e. The van der Waals surface area contributed by atoms with E-state index in [1.807, 2.05) is 18.2 Å². The normalized spacial score (nSPS) is 14.7. The maximum absolute atomic E-state index is 6.35. The second-order valence-electron chi connectivity index (χ2n) is 5.78. The highest BCUT2D eigenvalue weighted by Crippen LogP contribution is 2.29. The molecule has 0 radical (unpaired) electrons. The molecule has 4 rings (SSSR count). The minimum absolute atomic E-state index is 0.576. The number of fused-ring (bicyclic) bond motifs is 2. The Hall–Kier alpha value is -1.59. The lowest BCUT2D eigenvalue weighted by atomic mass is 10.2. The molecule has 0 saturated heterocycles. The van der Waals surface area contributed by atoms with Gasteiger partial charge in [-0.25, -0.2) is 4.98 Å². The van der Waals surface area contributed by atoms with Crippen LogP contribution in [0.5, 0.6) is 0 Å². The van der Waals surface area contributed by atoms with Crippen LogP contribution in [0, 0.1) is 0 Å². The average molecular weight is 345 g/mol. The molecule has 4 nitrogen and oxygen atoms in total. The number of para-hydroxylation sites is 1. The van der Waals surface area contributed by atoms with Gasteiger partial charge in [0, 0.05) is 29.7 Å². The van der Waals surface area contributed by atoms with Crippen molar-refractivity contribution < 1.29 is 0 Å². The number of aromatic nitrogens is 4. The van der Waals surface area contributed by atoms with Gasteiger partial charge in [-0.2, -0.15) is 0 Å². The molecule has 118 valence electrons. The Bertz CT molecular complexity index is 846. The van der Waals surface area contributed by atoms with Gasteiger partial charge in [0.2, 0.25) is 0 Å². The van der Waals surface area contributed by atoms with Crippen molar-refractivity contribution in [3.63, 3.8) is 0 Å². The highest BCUT2D eigenvalue weighted by atomic mass is 35.5. The zero-order valence-corrected chi connectivity index (χ0v) is 14.3. The van der Waals surface area contributed by atoms with Gasteiger partial charge in [-0.05, 0) is 25.0 Å². The highest BCUT2D eigenvalue weighted by molar-refractivity contribution is 7.98. The molecule has 1 aromatic carbocycles. The maximum atomic E-state index is 6.35. The summed E-state index contributed by atoms with van der Waals surface area (Å²) < 4.78 is 2.26. The van der Waals surface area contributed by atoms with Gasteiger partial charge < -0.3 is 4.57 Å². The van der Waals surface area contributed by atoms with Gasteiger partial charge in [0.15, 0.2) is 5.16 Å². The lowest BCUT2D eigenvalue weighted by Crippen LogP contribution is -2.02. The average Bonchev–Trinajstić information content (AvgIpc) is 2.79. The van der Waals surface area contributed by atoms with Crippen molar-refractivity contribution in [3.8, 4) is 0 Å². The summed E-state index contributed by atoms with van der Waals surface area (Å²) in [5.74, 6) is 1.88. The van der Waals surface area contributed by atoms with E-state index in [4.69, 9.17) is 11.6 Å². The van der Waals surface area contributed by atoms with Gasteiger partial charge in [0.05, 0.1) is 5.52 Å². The number of aryl methyl sites for hydroxylation is 1. The summed E-state index contributed by atoms with van der Waals surface area (Å²) in [6.45, 7) is 1.02. The van der Waals surface area contributed by atoms with Crippen LogP contribution in [0.3, 0.4) is 0 Å². The number of benzene rings is 1. The molecule has 1 aliphatic heterocycles. The Morgan fingerprint density at radius 3 is 3.00 bits per heavy atom. The predicted molar refractivity (Wildman–Crippen MR) is 93.9 cm³/mol. The van der Waals surface area contributed by atoms with E-state index in [0.29, 0.717) is 5.15 Å². The van der Waals surface area contributed by atoms with Gasteiger partial charge in [-0.1, -0.05) is 48.0 Å². The zero-order chi connectivity index (χ0) is 15.6. The Labute approximate surface area is 144 Å². The molecular weight excluding hydrogens is 328 g/mol. The summed E-state index contributed by atoms with van der Waals surface area (Å²) in [5.41, 5.74) is 1.98.